The van der Waals surface area contributed by atoms with E-state index in [0.717, 1.165) is 10.0 Å². The van der Waals surface area contributed by atoms with E-state index in [4.69, 9.17) is 0 Å². The van der Waals surface area contributed by atoms with Crippen LogP contribution < -0.4 is 9.99 Å². The lowest BCUT2D eigenvalue weighted by atomic mass is 10.2. The molecule has 0 bridgehead atoms. The fourth-order valence-corrected chi connectivity index (χ4v) is 2.02. The zero-order valence-corrected chi connectivity index (χ0v) is 12.9. The second kappa shape index (κ2) is 8.11. The van der Waals surface area contributed by atoms with Crippen LogP contribution in [0.5, 0.6) is 0 Å². The summed E-state index contributed by atoms with van der Waals surface area (Å²) in [6, 6.07) is 15.5. The lowest BCUT2D eigenvalue weighted by Gasteiger charge is -1.96. The summed E-state index contributed by atoms with van der Waals surface area (Å²) in [6.45, 7) is 0.234. The van der Waals surface area contributed by atoms with Gasteiger partial charge in [-0.05, 0) is 27.6 Å². The number of hydrogen-bond acceptors (Lipinski definition) is 2. The molecule has 2 rings (SSSR count). The number of aromatic nitrogens is 1. The van der Waals surface area contributed by atoms with E-state index in [1.54, 1.807) is 10.8 Å². The Hall–Kier alpha value is -2.27. The van der Waals surface area contributed by atoms with E-state index >= 15 is 0 Å². The predicted molar refractivity (Wildman–Crippen MR) is 86.6 cm³/mol. The average molecular weight is 345 g/mol. The predicted octanol–water partition coefficient (Wildman–Crippen LogP) is 2.51. The van der Waals surface area contributed by atoms with E-state index in [0.29, 0.717) is 0 Å². The summed E-state index contributed by atoms with van der Waals surface area (Å²) in [5.74, 6) is -0.178. The smallest absolute Gasteiger partial charge is 0.266 e. The first-order chi connectivity index (χ1) is 10.2. The number of allylic oxidation sites excluding steroid dienone is 1. The fraction of sp³-hybridized carbons (Fsp3) is 0.0625. The summed E-state index contributed by atoms with van der Waals surface area (Å²) in [5.41, 5.74) is 3.54. The number of carbonyl (C=O) groups is 1. The number of pyridine rings is 1. The topological polar surface area (TPSA) is 45.3 Å². The molecular weight excluding hydrogens is 330 g/mol. The molecule has 0 fully saturated rings. The highest BCUT2D eigenvalue weighted by atomic mass is 79.9. The van der Waals surface area contributed by atoms with Crippen molar-refractivity contribution in [3.8, 4) is 0 Å². The maximum atomic E-state index is 11.7. The van der Waals surface area contributed by atoms with Gasteiger partial charge in [0.15, 0.2) is 12.4 Å². The summed E-state index contributed by atoms with van der Waals surface area (Å²) in [7, 11) is 0. The highest BCUT2D eigenvalue weighted by Crippen LogP contribution is 2.09. The molecule has 2 aromatic rings. The minimum absolute atomic E-state index is 0.178. The number of hydrazone groups is 1. The Morgan fingerprint density at radius 2 is 1.81 bits per heavy atom. The fourth-order valence-electron chi connectivity index (χ4n) is 1.65. The van der Waals surface area contributed by atoms with Crippen LogP contribution in [-0.4, -0.2) is 12.1 Å². The van der Waals surface area contributed by atoms with Gasteiger partial charge in [-0.15, -0.1) is 0 Å². The molecule has 4 nitrogen and oxygen atoms in total. The third-order valence-electron chi connectivity index (χ3n) is 2.58. The van der Waals surface area contributed by atoms with E-state index in [1.165, 1.54) is 0 Å². The molecule has 1 aromatic carbocycles. The first-order valence-electron chi connectivity index (χ1n) is 6.42. The molecule has 0 saturated carbocycles. The van der Waals surface area contributed by atoms with E-state index in [1.807, 2.05) is 67.0 Å². The lowest BCUT2D eigenvalue weighted by molar-refractivity contribution is -0.684. The molecule has 0 saturated heterocycles. The van der Waals surface area contributed by atoms with Crippen molar-refractivity contribution >= 4 is 34.1 Å². The third kappa shape index (κ3) is 5.71. The quantitative estimate of drug-likeness (QED) is 0.505. The van der Waals surface area contributed by atoms with E-state index in [-0.39, 0.29) is 12.5 Å². The highest BCUT2D eigenvalue weighted by molar-refractivity contribution is 9.12. The van der Waals surface area contributed by atoms with E-state index < -0.39 is 0 Å². The second-order valence-corrected chi connectivity index (χ2v) is 5.20. The van der Waals surface area contributed by atoms with Crippen LogP contribution in [0.25, 0.3) is 6.08 Å². The summed E-state index contributed by atoms with van der Waals surface area (Å²) in [4.78, 5) is 11.7. The average Bonchev–Trinajstić information content (AvgIpc) is 2.49. The van der Waals surface area contributed by atoms with Crippen molar-refractivity contribution in [3.63, 3.8) is 0 Å². The molecule has 0 aliphatic carbocycles. The van der Waals surface area contributed by atoms with Gasteiger partial charge >= 0.3 is 5.91 Å². The van der Waals surface area contributed by atoms with Gasteiger partial charge in [0.2, 0.25) is 6.54 Å². The van der Waals surface area contributed by atoms with Crippen LogP contribution in [0.4, 0.5) is 0 Å². The van der Waals surface area contributed by atoms with Crippen LogP contribution in [0.2, 0.25) is 0 Å². The number of carbonyl (C=O) groups excluding carboxylic acids is 1. The van der Waals surface area contributed by atoms with Crippen molar-refractivity contribution in [2.24, 2.45) is 5.10 Å². The van der Waals surface area contributed by atoms with Crippen molar-refractivity contribution < 1.29 is 9.36 Å². The van der Waals surface area contributed by atoms with Gasteiger partial charge in [0.05, 0.1) is 6.21 Å². The van der Waals surface area contributed by atoms with Crippen LogP contribution in [0.1, 0.15) is 5.56 Å². The molecule has 0 atom stereocenters. The minimum Gasteiger partial charge on any atom is -0.266 e. The molecule has 5 heteroatoms. The molecule has 1 N–H and O–H groups in total. The standard InChI is InChI=1S/C16H14BrN3O/c17-15(11-14-7-3-1-4-8-14)12-18-19-16(21)13-20-9-5-2-6-10-20/h1-12H,13H2/p+1/b15-11-,18-12-. The number of halogens is 1. The minimum atomic E-state index is -0.178. The van der Waals surface area contributed by atoms with E-state index in [9.17, 15) is 4.79 Å². The van der Waals surface area contributed by atoms with Crippen LogP contribution >= 0.6 is 15.9 Å². The summed E-state index contributed by atoms with van der Waals surface area (Å²) < 4.78 is 2.56. The highest BCUT2D eigenvalue weighted by Gasteiger charge is 2.06. The monoisotopic (exact) mass is 344 g/mol. The number of amides is 1. The number of hydrogen-bond donors (Lipinski definition) is 1. The zero-order valence-electron chi connectivity index (χ0n) is 11.3. The molecule has 0 unspecified atom stereocenters. The molecule has 0 aliphatic rings. The molecular formula is C16H15BrN3O+. The molecule has 0 aliphatic heterocycles. The number of benzene rings is 1. The van der Waals surface area contributed by atoms with Crippen LogP contribution in [-0.2, 0) is 11.3 Å². The molecule has 106 valence electrons. The molecule has 1 heterocycles. The van der Waals surface area contributed by atoms with Gasteiger partial charge in [0.25, 0.3) is 0 Å². The summed E-state index contributed by atoms with van der Waals surface area (Å²) >= 11 is 3.39. The third-order valence-corrected chi connectivity index (χ3v) is 3.02. The van der Waals surface area contributed by atoms with Crippen molar-refractivity contribution in [1.82, 2.24) is 5.43 Å². The maximum Gasteiger partial charge on any atom is 0.305 e. The SMILES string of the molecule is O=C(C[n+]1ccccc1)N/N=C\C(Br)=C\c1ccccc1. The maximum absolute atomic E-state index is 11.7. The number of rotatable bonds is 5. The Labute approximate surface area is 131 Å². The van der Waals surface area contributed by atoms with E-state index in [2.05, 4.69) is 26.5 Å². The van der Waals surface area contributed by atoms with Gasteiger partial charge in [0.1, 0.15) is 0 Å². The van der Waals surface area contributed by atoms with Gasteiger partial charge in [-0.2, -0.15) is 9.67 Å². The largest absolute Gasteiger partial charge is 0.305 e. The van der Waals surface area contributed by atoms with Crippen molar-refractivity contribution in [1.29, 1.82) is 0 Å². The van der Waals surface area contributed by atoms with Crippen molar-refractivity contribution in [2.75, 3.05) is 0 Å². The van der Waals surface area contributed by atoms with Crippen molar-refractivity contribution in [3.05, 3.63) is 71.0 Å². The Balaban J connectivity index is 1.84. The Morgan fingerprint density at radius 3 is 2.52 bits per heavy atom. The normalized spacial score (nSPS) is 11.6. The molecule has 0 radical (unpaired) electrons. The summed E-state index contributed by atoms with van der Waals surface area (Å²) in [6.07, 6.45) is 7.13. The van der Waals surface area contributed by atoms with Gasteiger partial charge < -0.3 is 0 Å². The van der Waals surface area contributed by atoms with Gasteiger partial charge in [0, 0.05) is 16.6 Å². The second-order valence-electron chi connectivity index (χ2n) is 4.28. The van der Waals surface area contributed by atoms with Crippen LogP contribution in [0, 0.1) is 0 Å². The number of nitrogens with zero attached hydrogens (tertiary/aromatic N) is 2. The molecule has 21 heavy (non-hydrogen) atoms. The lowest BCUT2D eigenvalue weighted by Crippen LogP contribution is -2.40. The number of nitrogens with one attached hydrogen (secondary N) is 1. The van der Waals surface area contributed by atoms with Gasteiger partial charge in [-0.1, -0.05) is 36.4 Å². The Bertz CT molecular complexity index is 639. The molecule has 1 aromatic heterocycles. The molecule has 0 spiro atoms. The van der Waals surface area contributed by atoms with Gasteiger partial charge in [-0.3, -0.25) is 4.79 Å². The Morgan fingerprint density at radius 1 is 1.14 bits per heavy atom. The summed E-state index contributed by atoms with van der Waals surface area (Å²) in [5, 5.41) is 3.91. The van der Waals surface area contributed by atoms with Crippen molar-refractivity contribution in [2.45, 2.75) is 6.54 Å². The zero-order chi connectivity index (χ0) is 14.9. The molecule has 1 amide bonds. The first-order valence-corrected chi connectivity index (χ1v) is 7.21. The Kier molecular flexibility index (Phi) is 5.84. The van der Waals surface area contributed by atoms with Crippen LogP contribution in [0.15, 0.2) is 70.5 Å². The van der Waals surface area contributed by atoms with Crippen LogP contribution in [0.3, 0.4) is 0 Å². The van der Waals surface area contributed by atoms with Gasteiger partial charge in [-0.25, -0.2) is 5.43 Å². The first kappa shape index (κ1) is 15.1.